The summed E-state index contributed by atoms with van der Waals surface area (Å²) in [6.07, 6.45) is 5.74. The van der Waals surface area contributed by atoms with E-state index in [0.717, 1.165) is 32.1 Å². The van der Waals surface area contributed by atoms with Crippen LogP contribution in [0.15, 0.2) is 0 Å². The molecule has 1 heterocycles. The first-order valence-corrected chi connectivity index (χ1v) is 8.17. The van der Waals surface area contributed by atoms with Crippen LogP contribution in [0.1, 0.15) is 52.4 Å². The zero-order chi connectivity index (χ0) is 13.8. The molecular formula is C11H21O7P. The summed E-state index contributed by atoms with van der Waals surface area (Å²) in [6.45, 7) is 3.94. The highest BCUT2D eigenvalue weighted by Gasteiger charge is 2.39. The van der Waals surface area contributed by atoms with E-state index in [1.54, 1.807) is 6.92 Å². The van der Waals surface area contributed by atoms with Gasteiger partial charge >= 0.3 is 7.82 Å². The van der Waals surface area contributed by atoms with Crippen LogP contribution in [-0.2, 0) is 33.3 Å². The first-order chi connectivity index (χ1) is 9.08. The van der Waals surface area contributed by atoms with Gasteiger partial charge in [-0.3, -0.25) is 9.05 Å². The summed E-state index contributed by atoms with van der Waals surface area (Å²) in [4.78, 5) is 5.27. The van der Waals surface area contributed by atoms with Gasteiger partial charge in [0.15, 0.2) is 0 Å². The monoisotopic (exact) mass is 296 g/mol. The van der Waals surface area contributed by atoms with Gasteiger partial charge in [0.25, 0.3) is 0 Å². The molecule has 0 aromatic carbocycles. The van der Waals surface area contributed by atoms with Crippen LogP contribution in [0.3, 0.4) is 0 Å². The van der Waals surface area contributed by atoms with Crippen molar-refractivity contribution in [1.82, 2.24) is 0 Å². The molecule has 0 bridgehead atoms. The third-order valence-corrected chi connectivity index (χ3v) is 4.87. The Kier molecular flexibility index (Phi) is 5.37. The van der Waals surface area contributed by atoms with E-state index in [1.807, 2.05) is 6.92 Å². The maximum absolute atomic E-state index is 11.7. The van der Waals surface area contributed by atoms with Crippen molar-refractivity contribution in [2.75, 3.05) is 6.61 Å². The molecule has 0 aromatic heterocycles. The van der Waals surface area contributed by atoms with Crippen molar-refractivity contribution in [2.45, 2.75) is 64.1 Å². The Hall–Kier alpha value is -0.0100. The second-order valence-corrected chi connectivity index (χ2v) is 6.56. The largest absolute Gasteiger partial charge is 0.504 e. The molecular weight excluding hydrogens is 275 g/mol. The molecule has 2 aliphatic rings. The minimum absolute atomic E-state index is 0.195. The van der Waals surface area contributed by atoms with Crippen molar-refractivity contribution in [1.29, 1.82) is 0 Å². The highest BCUT2D eigenvalue weighted by atomic mass is 31.2. The summed E-state index contributed by atoms with van der Waals surface area (Å²) >= 11 is 0. The SMILES string of the molecule is CCC1(OOOOP2(=O)OCC(C)O2)CCCCC1. The van der Waals surface area contributed by atoms with Crippen LogP contribution in [-0.4, -0.2) is 18.3 Å². The third-order valence-electron chi connectivity index (χ3n) is 3.55. The van der Waals surface area contributed by atoms with E-state index in [-0.39, 0.29) is 18.3 Å². The van der Waals surface area contributed by atoms with Gasteiger partial charge in [-0.2, -0.15) is 4.89 Å². The normalized spacial score (nSPS) is 34.5. The van der Waals surface area contributed by atoms with Gasteiger partial charge in [0, 0.05) is 0 Å². The zero-order valence-electron chi connectivity index (χ0n) is 11.3. The third kappa shape index (κ3) is 4.23. The van der Waals surface area contributed by atoms with Crippen molar-refractivity contribution in [3.63, 3.8) is 0 Å². The van der Waals surface area contributed by atoms with Crippen LogP contribution in [0, 0.1) is 0 Å². The Morgan fingerprint density at radius 2 is 2.00 bits per heavy atom. The molecule has 2 fully saturated rings. The summed E-state index contributed by atoms with van der Waals surface area (Å²) in [7, 11) is -3.65. The van der Waals surface area contributed by atoms with Crippen molar-refractivity contribution >= 4 is 7.82 Å². The van der Waals surface area contributed by atoms with E-state index in [1.165, 1.54) is 6.42 Å². The van der Waals surface area contributed by atoms with Gasteiger partial charge < -0.3 is 0 Å². The van der Waals surface area contributed by atoms with Gasteiger partial charge in [0.2, 0.25) is 0 Å². The van der Waals surface area contributed by atoms with Gasteiger partial charge in [-0.05, 0) is 36.3 Å². The van der Waals surface area contributed by atoms with Gasteiger partial charge in [-0.25, -0.2) is 4.57 Å². The fourth-order valence-electron chi connectivity index (χ4n) is 2.34. The lowest BCUT2D eigenvalue weighted by Gasteiger charge is -2.33. The molecule has 0 radical (unpaired) electrons. The Balaban J connectivity index is 1.69. The van der Waals surface area contributed by atoms with Gasteiger partial charge in [-0.1, -0.05) is 30.9 Å². The smallest absolute Gasteiger partial charge is 0.282 e. The van der Waals surface area contributed by atoms with E-state index >= 15 is 0 Å². The van der Waals surface area contributed by atoms with E-state index in [2.05, 4.69) is 14.8 Å². The Bertz CT molecular complexity index is 329. The lowest BCUT2D eigenvalue weighted by Crippen LogP contribution is -2.34. The molecule has 1 saturated heterocycles. The molecule has 1 aliphatic carbocycles. The molecule has 1 aliphatic heterocycles. The predicted octanol–water partition coefficient (Wildman–Crippen LogP) is 3.45. The molecule has 0 aromatic rings. The second-order valence-electron chi connectivity index (χ2n) is 5.05. The molecule has 8 heteroatoms. The number of hydrogen-bond acceptors (Lipinski definition) is 7. The molecule has 1 saturated carbocycles. The standard InChI is InChI=1S/C11H21O7P/c1-3-11(7-5-4-6-8-11)15-16-17-18-19(12)13-9-10(2)14-19/h10H,3-9H2,1-2H3. The number of hydrogen-bond donors (Lipinski definition) is 0. The second kappa shape index (κ2) is 6.63. The number of phosphoric acid groups is 1. The zero-order valence-corrected chi connectivity index (χ0v) is 12.2. The van der Waals surface area contributed by atoms with E-state index in [0.29, 0.717) is 0 Å². The molecule has 19 heavy (non-hydrogen) atoms. The van der Waals surface area contributed by atoms with E-state index in [9.17, 15) is 4.57 Å². The van der Waals surface area contributed by atoms with Crippen LogP contribution in [0.25, 0.3) is 0 Å². The molecule has 2 rings (SSSR count). The quantitative estimate of drug-likeness (QED) is 0.321. The van der Waals surface area contributed by atoms with Crippen LogP contribution in [0.4, 0.5) is 0 Å². The number of phosphoric ester groups is 1. The minimum atomic E-state index is -3.65. The predicted molar refractivity (Wildman–Crippen MR) is 64.6 cm³/mol. The minimum Gasteiger partial charge on any atom is -0.282 e. The maximum Gasteiger partial charge on any atom is 0.504 e. The van der Waals surface area contributed by atoms with Crippen LogP contribution < -0.4 is 0 Å². The topological polar surface area (TPSA) is 72.5 Å². The fraction of sp³-hybridized carbons (Fsp3) is 1.00. The molecule has 0 N–H and O–H groups in total. The molecule has 0 amide bonds. The van der Waals surface area contributed by atoms with Gasteiger partial charge in [0.05, 0.1) is 12.7 Å². The van der Waals surface area contributed by atoms with Gasteiger partial charge in [0.1, 0.15) is 5.60 Å². The summed E-state index contributed by atoms with van der Waals surface area (Å²) in [6, 6.07) is 0. The lowest BCUT2D eigenvalue weighted by molar-refractivity contribution is -0.631. The Labute approximate surface area is 112 Å². The van der Waals surface area contributed by atoms with Crippen LogP contribution in [0.5, 0.6) is 0 Å². The van der Waals surface area contributed by atoms with E-state index < -0.39 is 7.82 Å². The Morgan fingerprint density at radius 1 is 1.26 bits per heavy atom. The highest BCUT2D eigenvalue weighted by Crippen LogP contribution is 2.55. The molecule has 0 spiro atoms. The van der Waals surface area contributed by atoms with Crippen molar-refractivity contribution in [2.24, 2.45) is 0 Å². The van der Waals surface area contributed by atoms with Gasteiger partial charge in [-0.15, -0.1) is 0 Å². The highest BCUT2D eigenvalue weighted by molar-refractivity contribution is 7.48. The first kappa shape index (κ1) is 15.4. The number of rotatable bonds is 6. The van der Waals surface area contributed by atoms with Crippen molar-refractivity contribution < 1.29 is 33.3 Å². The molecule has 2 unspecified atom stereocenters. The first-order valence-electron chi connectivity index (χ1n) is 6.71. The van der Waals surface area contributed by atoms with Crippen molar-refractivity contribution in [3.05, 3.63) is 0 Å². The molecule has 2 atom stereocenters. The molecule has 112 valence electrons. The fourth-order valence-corrected chi connectivity index (χ4v) is 3.48. The summed E-state index contributed by atoms with van der Waals surface area (Å²) in [5.41, 5.74) is -0.346. The molecule has 7 nitrogen and oxygen atoms in total. The summed E-state index contributed by atoms with van der Waals surface area (Å²) in [5.74, 6) is 0. The maximum atomic E-state index is 11.7. The van der Waals surface area contributed by atoms with Crippen molar-refractivity contribution in [3.8, 4) is 0 Å². The summed E-state index contributed by atoms with van der Waals surface area (Å²) in [5, 5.41) is 8.94. The Morgan fingerprint density at radius 3 is 2.58 bits per heavy atom. The summed E-state index contributed by atoms with van der Waals surface area (Å²) < 4.78 is 26.0. The lowest BCUT2D eigenvalue weighted by atomic mass is 9.83. The van der Waals surface area contributed by atoms with E-state index in [4.69, 9.17) is 13.9 Å². The van der Waals surface area contributed by atoms with Crippen LogP contribution >= 0.6 is 7.82 Å². The average molecular weight is 296 g/mol. The van der Waals surface area contributed by atoms with Crippen LogP contribution in [0.2, 0.25) is 0 Å². The average Bonchev–Trinajstić information content (AvgIpc) is 2.76.